The number of carbonyl (C=O) groups excluding carboxylic acids is 2. The first-order valence-corrected chi connectivity index (χ1v) is 8.80. The van der Waals surface area contributed by atoms with Crippen LogP contribution in [0.5, 0.6) is 0 Å². The Morgan fingerprint density at radius 1 is 1.42 bits per heavy atom. The van der Waals surface area contributed by atoms with Crippen molar-refractivity contribution in [1.82, 2.24) is 10.6 Å². The van der Waals surface area contributed by atoms with E-state index in [1.54, 1.807) is 12.1 Å². The molecular formula is C19H25FN2O2. The number of carbonyl (C=O) groups is 2. The summed E-state index contributed by atoms with van der Waals surface area (Å²) < 4.78 is 13.3. The summed E-state index contributed by atoms with van der Waals surface area (Å²) in [4.78, 5) is 24.6. The van der Waals surface area contributed by atoms with E-state index in [-0.39, 0.29) is 42.1 Å². The van der Waals surface area contributed by atoms with Crippen LogP contribution in [0.3, 0.4) is 0 Å². The van der Waals surface area contributed by atoms with Crippen LogP contribution in [0.15, 0.2) is 18.2 Å². The molecule has 0 aromatic heterocycles. The standard InChI is InChI=1S/C19H25FN2O2/c1-11(2)7-15-9-13(10-18(23)21-15)19(24)22-17-6-3-12-8-14(20)4-5-16(12)17/h4-5,8,11,13,15,17H,3,6-7,9-10H2,1-2H3,(H,21,23)(H,22,24)/t13-,15-,17+/m1/s1. The number of halogens is 1. The summed E-state index contributed by atoms with van der Waals surface area (Å²) in [6.45, 7) is 4.23. The van der Waals surface area contributed by atoms with Crippen molar-refractivity contribution in [3.8, 4) is 0 Å². The third kappa shape index (κ3) is 3.77. The molecule has 0 radical (unpaired) electrons. The van der Waals surface area contributed by atoms with Crippen molar-refractivity contribution in [2.45, 2.75) is 58.0 Å². The topological polar surface area (TPSA) is 58.2 Å². The number of hydrogen-bond donors (Lipinski definition) is 2. The molecule has 0 saturated carbocycles. The van der Waals surface area contributed by atoms with Crippen molar-refractivity contribution in [2.75, 3.05) is 0 Å². The average Bonchev–Trinajstić information content (AvgIpc) is 2.88. The number of nitrogens with one attached hydrogen (secondary N) is 2. The summed E-state index contributed by atoms with van der Waals surface area (Å²) >= 11 is 0. The van der Waals surface area contributed by atoms with E-state index in [1.807, 2.05) is 0 Å². The van der Waals surface area contributed by atoms with Crippen LogP contribution in [0, 0.1) is 17.7 Å². The zero-order valence-corrected chi connectivity index (χ0v) is 14.3. The van der Waals surface area contributed by atoms with Gasteiger partial charge in [-0.3, -0.25) is 9.59 Å². The van der Waals surface area contributed by atoms with E-state index in [0.29, 0.717) is 12.3 Å². The van der Waals surface area contributed by atoms with Crippen LogP contribution in [0.25, 0.3) is 0 Å². The molecule has 1 saturated heterocycles. The van der Waals surface area contributed by atoms with E-state index < -0.39 is 0 Å². The highest BCUT2D eigenvalue weighted by molar-refractivity contribution is 5.87. The van der Waals surface area contributed by atoms with Gasteiger partial charge in [-0.15, -0.1) is 0 Å². The molecule has 2 N–H and O–H groups in total. The third-order valence-electron chi connectivity index (χ3n) is 4.99. The first-order valence-electron chi connectivity index (χ1n) is 8.80. The van der Waals surface area contributed by atoms with Gasteiger partial charge in [0.25, 0.3) is 0 Å². The minimum atomic E-state index is -0.271. The molecular weight excluding hydrogens is 307 g/mol. The average molecular weight is 332 g/mol. The SMILES string of the molecule is CC(C)C[C@@H]1C[C@@H](C(=O)N[C@H]2CCc3cc(F)ccc32)CC(=O)N1. The van der Waals surface area contributed by atoms with Crippen molar-refractivity contribution >= 4 is 11.8 Å². The second-order valence-electron chi connectivity index (χ2n) is 7.47. The van der Waals surface area contributed by atoms with Crippen molar-refractivity contribution in [3.63, 3.8) is 0 Å². The third-order valence-corrected chi connectivity index (χ3v) is 4.99. The Morgan fingerprint density at radius 2 is 2.21 bits per heavy atom. The van der Waals surface area contributed by atoms with E-state index in [0.717, 1.165) is 30.4 Å². The minimum absolute atomic E-state index is 0.0408. The number of rotatable bonds is 4. The molecule has 2 amide bonds. The second-order valence-corrected chi connectivity index (χ2v) is 7.47. The quantitative estimate of drug-likeness (QED) is 0.891. The van der Waals surface area contributed by atoms with Gasteiger partial charge in [0.15, 0.2) is 0 Å². The highest BCUT2D eigenvalue weighted by Crippen LogP contribution is 2.32. The number of benzene rings is 1. The van der Waals surface area contributed by atoms with E-state index in [2.05, 4.69) is 24.5 Å². The highest BCUT2D eigenvalue weighted by atomic mass is 19.1. The van der Waals surface area contributed by atoms with E-state index >= 15 is 0 Å². The van der Waals surface area contributed by atoms with Crippen LogP contribution < -0.4 is 10.6 Å². The largest absolute Gasteiger partial charge is 0.353 e. The first kappa shape index (κ1) is 16.9. The predicted molar refractivity (Wildman–Crippen MR) is 89.7 cm³/mol. The van der Waals surface area contributed by atoms with Crippen LogP contribution in [-0.4, -0.2) is 17.9 Å². The van der Waals surface area contributed by atoms with Crippen molar-refractivity contribution in [1.29, 1.82) is 0 Å². The molecule has 1 heterocycles. The lowest BCUT2D eigenvalue weighted by atomic mass is 9.87. The molecule has 5 heteroatoms. The summed E-state index contributed by atoms with van der Waals surface area (Å²) in [6.07, 6.45) is 3.40. The van der Waals surface area contributed by atoms with Gasteiger partial charge in [-0.1, -0.05) is 19.9 Å². The smallest absolute Gasteiger partial charge is 0.224 e. The molecule has 0 unspecified atom stereocenters. The molecule has 1 fully saturated rings. The molecule has 1 aromatic carbocycles. The zero-order chi connectivity index (χ0) is 17.3. The fraction of sp³-hybridized carbons (Fsp3) is 0.579. The zero-order valence-electron chi connectivity index (χ0n) is 14.3. The monoisotopic (exact) mass is 332 g/mol. The van der Waals surface area contributed by atoms with Crippen molar-refractivity contribution in [2.24, 2.45) is 11.8 Å². The van der Waals surface area contributed by atoms with Gasteiger partial charge in [-0.2, -0.15) is 0 Å². The summed E-state index contributed by atoms with van der Waals surface area (Å²) in [6, 6.07) is 4.76. The van der Waals surface area contributed by atoms with Crippen LogP contribution >= 0.6 is 0 Å². The molecule has 1 aliphatic carbocycles. The molecule has 3 atom stereocenters. The summed E-state index contributed by atoms with van der Waals surface area (Å²) in [5, 5.41) is 6.06. The molecule has 130 valence electrons. The lowest BCUT2D eigenvalue weighted by Crippen LogP contribution is -2.47. The lowest BCUT2D eigenvalue weighted by molar-refractivity contribution is -0.134. The van der Waals surface area contributed by atoms with Crippen LogP contribution in [0.4, 0.5) is 4.39 Å². The van der Waals surface area contributed by atoms with Crippen LogP contribution in [0.2, 0.25) is 0 Å². The Balaban J connectivity index is 1.64. The Morgan fingerprint density at radius 3 is 2.96 bits per heavy atom. The molecule has 3 rings (SSSR count). The maximum absolute atomic E-state index is 13.3. The summed E-state index contributed by atoms with van der Waals surface area (Å²) in [7, 11) is 0. The van der Waals surface area contributed by atoms with Gasteiger partial charge >= 0.3 is 0 Å². The minimum Gasteiger partial charge on any atom is -0.353 e. The van der Waals surface area contributed by atoms with E-state index in [4.69, 9.17) is 0 Å². The Kier molecular flexibility index (Phi) is 4.88. The maximum Gasteiger partial charge on any atom is 0.224 e. The second kappa shape index (κ2) is 6.91. The van der Waals surface area contributed by atoms with Crippen molar-refractivity contribution < 1.29 is 14.0 Å². The van der Waals surface area contributed by atoms with Gasteiger partial charge in [-0.05, 0) is 54.9 Å². The van der Waals surface area contributed by atoms with Crippen LogP contribution in [-0.2, 0) is 16.0 Å². The van der Waals surface area contributed by atoms with Gasteiger partial charge in [0.2, 0.25) is 11.8 Å². The number of aryl methyl sites for hydroxylation is 1. The number of fused-ring (bicyclic) bond motifs is 1. The highest BCUT2D eigenvalue weighted by Gasteiger charge is 2.33. The fourth-order valence-corrected chi connectivity index (χ4v) is 3.95. The lowest BCUT2D eigenvalue weighted by Gasteiger charge is -2.31. The number of piperidine rings is 1. The maximum atomic E-state index is 13.3. The van der Waals surface area contributed by atoms with E-state index in [9.17, 15) is 14.0 Å². The predicted octanol–water partition coefficient (Wildman–Crippen LogP) is 2.87. The van der Waals surface area contributed by atoms with Gasteiger partial charge in [0.05, 0.1) is 6.04 Å². The molecule has 2 aliphatic rings. The molecule has 1 aliphatic heterocycles. The summed E-state index contributed by atoms with van der Waals surface area (Å²) in [5.41, 5.74) is 1.98. The normalized spacial score (nSPS) is 26.2. The van der Waals surface area contributed by atoms with Crippen molar-refractivity contribution in [3.05, 3.63) is 35.1 Å². The molecule has 4 nitrogen and oxygen atoms in total. The van der Waals surface area contributed by atoms with Gasteiger partial charge in [0, 0.05) is 18.4 Å². The van der Waals surface area contributed by atoms with Gasteiger partial charge in [-0.25, -0.2) is 4.39 Å². The molecule has 1 aromatic rings. The van der Waals surface area contributed by atoms with Gasteiger partial charge < -0.3 is 10.6 Å². The Bertz CT molecular complexity index is 644. The van der Waals surface area contributed by atoms with Gasteiger partial charge in [0.1, 0.15) is 5.82 Å². The Hall–Kier alpha value is -1.91. The molecule has 0 bridgehead atoms. The number of hydrogen-bond acceptors (Lipinski definition) is 2. The molecule has 0 spiro atoms. The molecule has 24 heavy (non-hydrogen) atoms. The Labute approximate surface area is 142 Å². The summed E-state index contributed by atoms with van der Waals surface area (Å²) in [5.74, 6) is -0.122. The van der Waals surface area contributed by atoms with E-state index in [1.165, 1.54) is 6.07 Å². The first-order chi connectivity index (χ1) is 11.4. The number of amides is 2. The van der Waals surface area contributed by atoms with Crippen LogP contribution in [0.1, 0.15) is 56.7 Å². The fourth-order valence-electron chi connectivity index (χ4n) is 3.95.